The molecule has 104 valence electrons. The molecule has 1 aromatic carbocycles. The van der Waals surface area contributed by atoms with Crippen LogP contribution in [0.3, 0.4) is 0 Å². The van der Waals surface area contributed by atoms with Gasteiger partial charge in [-0.05, 0) is 30.7 Å². The third kappa shape index (κ3) is 3.01. The predicted molar refractivity (Wildman–Crippen MR) is 81.2 cm³/mol. The number of aromatic nitrogens is 1. The van der Waals surface area contributed by atoms with Crippen LogP contribution in [0.25, 0.3) is 0 Å². The number of carbonyl (C=O) groups excluding carboxylic acids is 1. The number of pyridine rings is 1. The number of carbonyl (C=O) groups is 1. The summed E-state index contributed by atoms with van der Waals surface area (Å²) in [5.74, 6) is 4.87. The van der Waals surface area contributed by atoms with Gasteiger partial charge in [-0.1, -0.05) is 29.3 Å². The fraction of sp³-hybridized carbons (Fsp3) is 0.0769. The SMILES string of the molecule is Cc1ccc(Cl)c(NC(=O)c2cc(NN)ccn2)c1Cl. The first-order valence-corrected chi connectivity index (χ1v) is 6.47. The second-order valence-electron chi connectivity index (χ2n) is 4.08. The summed E-state index contributed by atoms with van der Waals surface area (Å²) in [4.78, 5) is 16.1. The maximum absolute atomic E-state index is 12.1. The number of hydrazine groups is 1. The van der Waals surface area contributed by atoms with E-state index in [0.717, 1.165) is 5.56 Å². The van der Waals surface area contributed by atoms with Gasteiger partial charge >= 0.3 is 0 Å². The van der Waals surface area contributed by atoms with Crippen LogP contribution in [0.4, 0.5) is 11.4 Å². The summed E-state index contributed by atoms with van der Waals surface area (Å²) in [5.41, 5.74) is 4.41. The largest absolute Gasteiger partial charge is 0.324 e. The lowest BCUT2D eigenvalue weighted by molar-refractivity contribution is 0.102. The zero-order chi connectivity index (χ0) is 14.7. The van der Waals surface area contributed by atoms with Gasteiger partial charge in [0.2, 0.25) is 0 Å². The van der Waals surface area contributed by atoms with E-state index in [0.29, 0.717) is 21.4 Å². The summed E-state index contributed by atoms with van der Waals surface area (Å²) < 4.78 is 0. The molecule has 0 atom stereocenters. The lowest BCUT2D eigenvalue weighted by Crippen LogP contribution is -2.15. The number of nitrogens with two attached hydrogens (primary N) is 1. The van der Waals surface area contributed by atoms with Crippen LogP contribution >= 0.6 is 23.2 Å². The quantitative estimate of drug-likeness (QED) is 0.600. The number of hydrogen-bond donors (Lipinski definition) is 3. The van der Waals surface area contributed by atoms with Crippen molar-refractivity contribution in [2.24, 2.45) is 5.84 Å². The minimum Gasteiger partial charge on any atom is -0.324 e. The van der Waals surface area contributed by atoms with Gasteiger partial charge in [0.25, 0.3) is 5.91 Å². The van der Waals surface area contributed by atoms with Crippen molar-refractivity contribution in [2.75, 3.05) is 10.7 Å². The van der Waals surface area contributed by atoms with Crippen LogP contribution in [0.15, 0.2) is 30.5 Å². The van der Waals surface area contributed by atoms with Gasteiger partial charge in [-0.15, -0.1) is 0 Å². The molecule has 4 N–H and O–H groups in total. The van der Waals surface area contributed by atoms with Gasteiger partial charge in [0.15, 0.2) is 0 Å². The fourth-order valence-corrected chi connectivity index (χ4v) is 2.06. The molecule has 0 bridgehead atoms. The number of amides is 1. The Hall–Kier alpha value is -1.82. The van der Waals surface area contributed by atoms with E-state index in [1.807, 2.05) is 6.92 Å². The highest BCUT2D eigenvalue weighted by Gasteiger charge is 2.14. The van der Waals surface area contributed by atoms with Crippen molar-refractivity contribution in [3.05, 3.63) is 51.8 Å². The normalized spacial score (nSPS) is 10.2. The van der Waals surface area contributed by atoms with Crippen molar-refractivity contribution >= 4 is 40.5 Å². The highest BCUT2D eigenvalue weighted by atomic mass is 35.5. The smallest absolute Gasteiger partial charge is 0.274 e. The highest BCUT2D eigenvalue weighted by molar-refractivity contribution is 6.40. The summed E-state index contributed by atoms with van der Waals surface area (Å²) in [5, 5.41) is 3.42. The predicted octanol–water partition coefficient (Wildman–Crippen LogP) is 3.23. The Morgan fingerprint density at radius 1 is 1.30 bits per heavy atom. The molecule has 0 aliphatic rings. The molecule has 0 saturated heterocycles. The first-order valence-electron chi connectivity index (χ1n) is 5.71. The molecule has 0 aliphatic carbocycles. The molecule has 2 aromatic rings. The Labute approximate surface area is 126 Å². The molecule has 0 saturated carbocycles. The molecular weight excluding hydrogens is 299 g/mol. The Morgan fingerprint density at radius 2 is 2.05 bits per heavy atom. The lowest BCUT2D eigenvalue weighted by atomic mass is 10.2. The lowest BCUT2D eigenvalue weighted by Gasteiger charge is -2.11. The number of hydrogen-bond acceptors (Lipinski definition) is 4. The minimum absolute atomic E-state index is 0.203. The molecule has 0 fully saturated rings. The number of nitrogen functional groups attached to an aromatic ring is 1. The molecular formula is C13H12Cl2N4O. The van der Waals surface area contributed by atoms with Crippen molar-refractivity contribution in [1.29, 1.82) is 0 Å². The molecule has 1 aromatic heterocycles. The number of anilines is 2. The van der Waals surface area contributed by atoms with E-state index in [-0.39, 0.29) is 5.69 Å². The maximum Gasteiger partial charge on any atom is 0.274 e. The Balaban J connectivity index is 2.30. The number of aryl methyl sites for hydroxylation is 1. The van der Waals surface area contributed by atoms with E-state index in [1.54, 1.807) is 18.2 Å². The van der Waals surface area contributed by atoms with Crippen LogP contribution in [0, 0.1) is 6.92 Å². The molecule has 5 nitrogen and oxygen atoms in total. The van der Waals surface area contributed by atoms with Crippen molar-refractivity contribution in [2.45, 2.75) is 6.92 Å². The van der Waals surface area contributed by atoms with E-state index < -0.39 is 5.91 Å². The van der Waals surface area contributed by atoms with Crippen LogP contribution in [-0.4, -0.2) is 10.9 Å². The van der Waals surface area contributed by atoms with Crippen molar-refractivity contribution in [1.82, 2.24) is 4.98 Å². The number of rotatable bonds is 3. The molecule has 0 spiro atoms. The van der Waals surface area contributed by atoms with Crippen LogP contribution in [0.5, 0.6) is 0 Å². The molecule has 1 amide bonds. The number of nitrogens with zero attached hydrogens (tertiary/aromatic N) is 1. The first kappa shape index (κ1) is 14.6. The van der Waals surface area contributed by atoms with Crippen molar-refractivity contribution in [3.8, 4) is 0 Å². The standard InChI is InChI=1S/C13H12Cl2N4O/c1-7-2-3-9(14)12(11(7)15)18-13(20)10-6-8(19-16)4-5-17-10/h2-6H,16H2,1H3,(H,17,19)(H,18,20). The monoisotopic (exact) mass is 310 g/mol. The van der Waals surface area contributed by atoms with Gasteiger partial charge in [-0.25, -0.2) is 0 Å². The van der Waals surface area contributed by atoms with E-state index in [1.165, 1.54) is 12.3 Å². The topological polar surface area (TPSA) is 80.0 Å². The highest BCUT2D eigenvalue weighted by Crippen LogP contribution is 2.33. The fourth-order valence-electron chi connectivity index (χ4n) is 1.59. The van der Waals surface area contributed by atoms with Crippen molar-refractivity contribution < 1.29 is 4.79 Å². The summed E-state index contributed by atoms with van der Waals surface area (Å²) in [6, 6.07) is 6.61. The Morgan fingerprint density at radius 3 is 2.75 bits per heavy atom. The molecule has 7 heteroatoms. The maximum atomic E-state index is 12.1. The summed E-state index contributed by atoms with van der Waals surface area (Å²) in [6.45, 7) is 1.82. The molecule has 0 unspecified atom stereocenters. The zero-order valence-corrected chi connectivity index (χ0v) is 12.1. The molecule has 2 rings (SSSR count). The van der Waals surface area contributed by atoms with Crippen LogP contribution in [0.1, 0.15) is 16.1 Å². The Bertz CT molecular complexity index is 661. The second kappa shape index (κ2) is 6.09. The molecule has 20 heavy (non-hydrogen) atoms. The third-order valence-corrected chi connectivity index (χ3v) is 3.48. The third-order valence-electron chi connectivity index (χ3n) is 2.68. The van der Waals surface area contributed by atoms with Gasteiger partial charge in [0, 0.05) is 6.20 Å². The van der Waals surface area contributed by atoms with Crippen LogP contribution in [0.2, 0.25) is 10.0 Å². The van der Waals surface area contributed by atoms with E-state index in [4.69, 9.17) is 29.0 Å². The summed E-state index contributed by atoms with van der Waals surface area (Å²) in [6.07, 6.45) is 1.48. The number of benzene rings is 1. The zero-order valence-electron chi connectivity index (χ0n) is 10.6. The number of halogens is 2. The average molecular weight is 311 g/mol. The molecule has 1 heterocycles. The van der Waals surface area contributed by atoms with Gasteiger partial charge in [0.1, 0.15) is 5.69 Å². The van der Waals surface area contributed by atoms with Gasteiger partial charge in [0.05, 0.1) is 21.4 Å². The second-order valence-corrected chi connectivity index (χ2v) is 4.87. The van der Waals surface area contributed by atoms with Crippen LogP contribution < -0.4 is 16.6 Å². The molecule has 0 radical (unpaired) electrons. The van der Waals surface area contributed by atoms with E-state index >= 15 is 0 Å². The van der Waals surface area contributed by atoms with Gasteiger partial charge in [-0.2, -0.15) is 0 Å². The minimum atomic E-state index is -0.420. The van der Waals surface area contributed by atoms with Gasteiger partial charge in [-0.3, -0.25) is 15.6 Å². The van der Waals surface area contributed by atoms with Crippen molar-refractivity contribution in [3.63, 3.8) is 0 Å². The van der Waals surface area contributed by atoms with E-state index in [9.17, 15) is 4.79 Å². The molecule has 0 aliphatic heterocycles. The number of nitrogens with one attached hydrogen (secondary N) is 2. The van der Waals surface area contributed by atoms with E-state index in [2.05, 4.69) is 15.7 Å². The van der Waals surface area contributed by atoms with Gasteiger partial charge < -0.3 is 10.7 Å². The summed E-state index contributed by atoms with van der Waals surface area (Å²) >= 11 is 12.2. The van der Waals surface area contributed by atoms with Crippen LogP contribution in [-0.2, 0) is 0 Å². The summed E-state index contributed by atoms with van der Waals surface area (Å²) in [7, 11) is 0. The average Bonchev–Trinajstić information content (AvgIpc) is 2.47. The Kier molecular flexibility index (Phi) is 4.44. The first-order chi connectivity index (χ1) is 9.52.